The molecule has 0 amide bonds. The number of halogens is 3. The minimum atomic E-state index is -4.37. The lowest BCUT2D eigenvalue weighted by Gasteiger charge is -2.39. The van der Waals surface area contributed by atoms with Gasteiger partial charge in [-0.3, -0.25) is 0 Å². The molecule has 3 atom stereocenters. The summed E-state index contributed by atoms with van der Waals surface area (Å²) >= 11 is 0. The van der Waals surface area contributed by atoms with Crippen LogP contribution in [0.15, 0.2) is 18.3 Å². The van der Waals surface area contributed by atoms with Crippen molar-refractivity contribution in [3.63, 3.8) is 0 Å². The molecule has 0 saturated carbocycles. The molecule has 2 bridgehead atoms. The van der Waals surface area contributed by atoms with E-state index >= 15 is 0 Å². The third-order valence-corrected chi connectivity index (χ3v) is 3.56. The Hall–Kier alpha value is -1.34. The van der Waals surface area contributed by atoms with Gasteiger partial charge in [-0.2, -0.15) is 13.2 Å². The number of nitrogens with one attached hydrogen (secondary N) is 1. The van der Waals surface area contributed by atoms with Crippen molar-refractivity contribution < 1.29 is 22.6 Å². The number of morpholine rings is 1. The predicted octanol–water partition coefficient (Wildman–Crippen LogP) is 2.00. The number of nitrogens with zero attached hydrogens (tertiary/aromatic N) is 1. The van der Waals surface area contributed by atoms with Gasteiger partial charge in [-0.25, -0.2) is 4.98 Å². The second-order valence-electron chi connectivity index (χ2n) is 5.19. The highest BCUT2D eigenvalue weighted by atomic mass is 19.4. The zero-order valence-corrected chi connectivity index (χ0v) is 10.7. The van der Waals surface area contributed by atoms with Crippen molar-refractivity contribution in [2.45, 2.75) is 37.2 Å². The maximum absolute atomic E-state index is 12.4. The molecule has 3 heterocycles. The Morgan fingerprint density at radius 1 is 1.20 bits per heavy atom. The van der Waals surface area contributed by atoms with E-state index in [1.807, 2.05) is 0 Å². The number of hydrogen-bond donors (Lipinski definition) is 1. The fourth-order valence-corrected chi connectivity index (χ4v) is 2.67. The van der Waals surface area contributed by atoms with E-state index in [-0.39, 0.29) is 24.1 Å². The summed E-state index contributed by atoms with van der Waals surface area (Å²) in [5.41, 5.74) is -0.763. The van der Waals surface area contributed by atoms with Gasteiger partial charge in [0.1, 0.15) is 6.10 Å². The van der Waals surface area contributed by atoms with Crippen molar-refractivity contribution in [2.24, 2.45) is 0 Å². The van der Waals surface area contributed by atoms with Crippen LogP contribution in [-0.2, 0) is 10.9 Å². The van der Waals surface area contributed by atoms with E-state index in [4.69, 9.17) is 9.47 Å². The monoisotopic (exact) mass is 288 g/mol. The van der Waals surface area contributed by atoms with E-state index in [9.17, 15) is 13.2 Å². The van der Waals surface area contributed by atoms with Gasteiger partial charge in [0.25, 0.3) is 0 Å². The summed E-state index contributed by atoms with van der Waals surface area (Å²) in [5, 5.41) is 3.42. The normalized spacial score (nSPS) is 30.1. The van der Waals surface area contributed by atoms with E-state index in [0.717, 1.165) is 25.1 Å². The van der Waals surface area contributed by atoms with Crippen LogP contribution in [-0.4, -0.2) is 36.4 Å². The summed E-state index contributed by atoms with van der Waals surface area (Å²) in [7, 11) is 0. The number of rotatable bonds is 2. The van der Waals surface area contributed by atoms with E-state index < -0.39 is 11.7 Å². The zero-order valence-electron chi connectivity index (χ0n) is 10.7. The molecular formula is C13H15F3N2O2. The molecule has 0 radical (unpaired) electrons. The summed E-state index contributed by atoms with van der Waals surface area (Å²) in [6.07, 6.45) is -2.03. The van der Waals surface area contributed by atoms with Crippen molar-refractivity contribution in [3.05, 3.63) is 23.9 Å². The summed E-state index contributed by atoms with van der Waals surface area (Å²) in [6, 6.07) is 2.77. The maximum Gasteiger partial charge on any atom is 0.417 e. The van der Waals surface area contributed by atoms with Crippen molar-refractivity contribution >= 4 is 0 Å². The van der Waals surface area contributed by atoms with Crippen LogP contribution < -0.4 is 10.1 Å². The van der Waals surface area contributed by atoms with Gasteiger partial charge >= 0.3 is 6.18 Å². The molecule has 20 heavy (non-hydrogen) atoms. The van der Waals surface area contributed by atoms with Crippen LogP contribution >= 0.6 is 0 Å². The highest BCUT2D eigenvalue weighted by Crippen LogP contribution is 2.30. The largest absolute Gasteiger partial charge is 0.474 e. The van der Waals surface area contributed by atoms with Crippen molar-refractivity contribution in [3.8, 4) is 5.88 Å². The second kappa shape index (κ2) is 5.21. The Labute approximate surface area is 114 Å². The smallest absolute Gasteiger partial charge is 0.417 e. The standard InChI is InChI=1S/C13H15F3N2O2/c14-13(15,16)8-1-2-12(17-5-8)20-11-3-9-6-19-7-10(4-11)18-9/h1-2,5,9-11,18H,3-4,6-7H2/t9-,10+,11?. The number of hydrogen-bond acceptors (Lipinski definition) is 4. The number of pyridine rings is 1. The minimum Gasteiger partial charge on any atom is -0.474 e. The average Bonchev–Trinajstić information content (AvgIpc) is 2.38. The molecule has 110 valence electrons. The van der Waals surface area contributed by atoms with E-state index in [0.29, 0.717) is 13.2 Å². The van der Waals surface area contributed by atoms with Gasteiger partial charge in [0, 0.05) is 37.2 Å². The Morgan fingerprint density at radius 3 is 2.45 bits per heavy atom. The molecule has 2 aliphatic rings. The van der Waals surface area contributed by atoms with Crippen LogP contribution in [0.25, 0.3) is 0 Å². The summed E-state index contributed by atoms with van der Waals surface area (Å²) in [6.45, 7) is 1.30. The number of alkyl halides is 3. The SMILES string of the molecule is FC(F)(F)c1ccc(OC2C[C@H]3COC[C@@H](C2)N3)nc1. The molecule has 1 aromatic rings. The molecular weight excluding hydrogens is 273 g/mol. The molecule has 1 N–H and O–H groups in total. The van der Waals surface area contributed by atoms with E-state index in [1.54, 1.807) is 0 Å². The van der Waals surface area contributed by atoms with Crippen LogP contribution in [0.4, 0.5) is 13.2 Å². The molecule has 7 heteroatoms. The number of fused-ring (bicyclic) bond motifs is 2. The lowest BCUT2D eigenvalue weighted by Crippen LogP contribution is -2.56. The lowest BCUT2D eigenvalue weighted by atomic mass is 9.95. The van der Waals surface area contributed by atoms with E-state index in [2.05, 4.69) is 10.3 Å². The van der Waals surface area contributed by atoms with Gasteiger partial charge in [0.2, 0.25) is 5.88 Å². The first-order valence-corrected chi connectivity index (χ1v) is 6.54. The molecule has 1 unspecified atom stereocenters. The molecule has 0 aliphatic carbocycles. The molecule has 4 nitrogen and oxygen atoms in total. The topological polar surface area (TPSA) is 43.4 Å². The van der Waals surface area contributed by atoms with Crippen LogP contribution in [0.5, 0.6) is 5.88 Å². The van der Waals surface area contributed by atoms with Crippen molar-refractivity contribution in [2.75, 3.05) is 13.2 Å². The number of piperidine rings is 1. The average molecular weight is 288 g/mol. The van der Waals surface area contributed by atoms with Crippen LogP contribution in [0.3, 0.4) is 0 Å². The quantitative estimate of drug-likeness (QED) is 0.904. The summed E-state index contributed by atoms with van der Waals surface area (Å²) in [5.74, 6) is 0.240. The molecule has 1 aromatic heterocycles. The third kappa shape index (κ3) is 3.04. The molecule has 2 saturated heterocycles. The molecule has 0 aromatic carbocycles. The molecule has 0 spiro atoms. The van der Waals surface area contributed by atoms with E-state index in [1.165, 1.54) is 6.07 Å². The molecule has 2 aliphatic heterocycles. The first kappa shape index (κ1) is 13.6. The summed E-state index contributed by atoms with van der Waals surface area (Å²) in [4.78, 5) is 3.74. The molecule has 3 rings (SSSR count). The Balaban J connectivity index is 1.63. The van der Waals surface area contributed by atoms with Gasteiger partial charge in [0.05, 0.1) is 18.8 Å². The minimum absolute atomic E-state index is 0.0283. The highest BCUT2D eigenvalue weighted by molar-refractivity contribution is 5.20. The van der Waals surface area contributed by atoms with Gasteiger partial charge in [-0.15, -0.1) is 0 Å². The van der Waals surface area contributed by atoms with Gasteiger partial charge in [-0.05, 0) is 6.07 Å². The van der Waals surface area contributed by atoms with Gasteiger partial charge in [-0.1, -0.05) is 0 Å². The number of ether oxygens (including phenoxy) is 2. The maximum atomic E-state index is 12.4. The Morgan fingerprint density at radius 2 is 1.90 bits per heavy atom. The van der Waals surface area contributed by atoms with Crippen molar-refractivity contribution in [1.82, 2.24) is 10.3 Å². The summed E-state index contributed by atoms with van der Waals surface area (Å²) < 4.78 is 48.4. The van der Waals surface area contributed by atoms with Gasteiger partial charge in [0.15, 0.2) is 0 Å². The van der Waals surface area contributed by atoms with Crippen LogP contribution in [0.1, 0.15) is 18.4 Å². The molecule has 2 fully saturated rings. The Bertz CT molecular complexity index is 452. The second-order valence-corrected chi connectivity index (χ2v) is 5.19. The fraction of sp³-hybridized carbons (Fsp3) is 0.615. The first-order valence-electron chi connectivity index (χ1n) is 6.54. The van der Waals surface area contributed by atoms with Gasteiger partial charge < -0.3 is 14.8 Å². The van der Waals surface area contributed by atoms with Crippen LogP contribution in [0, 0.1) is 0 Å². The predicted molar refractivity (Wildman–Crippen MR) is 64.4 cm³/mol. The number of aromatic nitrogens is 1. The third-order valence-electron chi connectivity index (χ3n) is 3.56. The first-order chi connectivity index (χ1) is 9.50. The fourth-order valence-electron chi connectivity index (χ4n) is 2.67. The lowest BCUT2D eigenvalue weighted by molar-refractivity contribution is -0.137. The van der Waals surface area contributed by atoms with Crippen molar-refractivity contribution in [1.29, 1.82) is 0 Å². The zero-order chi connectivity index (χ0) is 14.2. The Kier molecular flexibility index (Phi) is 3.55. The van der Waals surface area contributed by atoms with Crippen LogP contribution in [0.2, 0.25) is 0 Å². The highest BCUT2D eigenvalue weighted by Gasteiger charge is 2.34.